The van der Waals surface area contributed by atoms with Crippen molar-refractivity contribution in [1.82, 2.24) is 19.5 Å². The standard InChI is InChI=1S/C27H23N5S2/c33-27-31-26(28-14-6-9-18-7-2-1-3-8-18)25(24-15-19-10-4-5-11-23(19)34-24)32(27)20-12-13-21-22(16-20)30-17-29-21/h1-5,7-8,10-13,15-17,28H,6,9,14H2,(H,29,30)(H,31,33). The average Bonchev–Trinajstić information content (AvgIpc) is 3.58. The van der Waals surface area contributed by atoms with Gasteiger partial charge in [0.25, 0.3) is 0 Å². The molecule has 3 heterocycles. The first-order chi connectivity index (χ1) is 16.8. The first-order valence-electron chi connectivity index (χ1n) is 11.3. The molecular formula is C27H23N5S2. The minimum atomic E-state index is 0.664. The van der Waals surface area contributed by atoms with Gasteiger partial charge < -0.3 is 15.3 Å². The summed E-state index contributed by atoms with van der Waals surface area (Å²) in [6.07, 6.45) is 3.78. The number of hydrogen-bond acceptors (Lipinski definition) is 4. The average molecular weight is 482 g/mol. The molecule has 6 rings (SSSR count). The quantitative estimate of drug-likeness (QED) is 0.165. The van der Waals surface area contributed by atoms with Crippen molar-refractivity contribution in [2.45, 2.75) is 12.8 Å². The molecule has 0 aliphatic rings. The maximum absolute atomic E-state index is 5.83. The normalized spacial score (nSPS) is 11.4. The van der Waals surface area contributed by atoms with Crippen LogP contribution in [0.5, 0.6) is 0 Å². The Morgan fingerprint density at radius 2 is 1.82 bits per heavy atom. The van der Waals surface area contributed by atoms with Gasteiger partial charge in [0.15, 0.2) is 4.77 Å². The van der Waals surface area contributed by atoms with Crippen LogP contribution in [0.4, 0.5) is 5.82 Å². The van der Waals surface area contributed by atoms with Crippen molar-refractivity contribution < 1.29 is 0 Å². The fourth-order valence-corrected chi connectivity index (χ4v) is 5.76. The van der Waals surface area contributed by atoms with Crippen LogP contribution in [0.2, 0.25) is 0 Å². The maximum Gasteiger partial charge on any atom is 0.183 e. The minimum absolute atomic E-state index is 0.664. The third-order valence-corrected chi connectivity index (χ3v) is 7.41. The number of rotatable bonds is 7. The van der Waals surface area contributed by atoms with E-state index in [0.29, 0.717) is 4.77 Å². The van der Waals surface area contributed by atoms with Gasteiger partial charge in [0, 0.05) is 11.2 Å². The van der Waals surface area contributed by atoms with Crippen LogP contribution >= 0.6 is 23.6 Å². The van der Waals surface area contributed by atoms with Crippen molar-refractivity contribution in [3.63, 3.8) is 0 Å². The summed E-state index contributed by atoms with van der Waals surface area (Å²) in [4.78, 5) is 12.2. The summed E-state index contributed by atoms with van der Waals surface area (Å²) in [6.45, 7) is 0.849. The Morgan fingerprint density at radius 1 is 0.971 bits per heavy atom. The number of aryl methyl sites for hydroxylation is 1. The lowest BCUT2D eigenvalue weighted by Gasteiger charge is -2.11. The molecule has 0 atom stereocenters. The molecule has 0 saturated carbocycles. The lowest BCUT2D eigenvalue weighted by molar-refractivity contribution is 0.860. The molecule has 3 N–H and O–H groups in total. The van der Waals surface area contributed by atoms with E-state index in [2.05, 4.69) is 97.6 Å². The van der Waals surface area contributed by atoms with Crippen molar-refractivity contribution >= 4 is 50.5 Å². The number of aromatic nitrogens is 4. The summed E-state index contributed by atoms with van der Waals surface area (Å²) in [7, 11) is 0. The molecule has 0 aliphatic carbocycles. The highest BCUT2D eigenvalue weighted by Gasteiger charge is 2.18. The summed E-state index contributed by atoms with van der Waals surface area (Å²) in [6, 6.07) is 27.5. The number of imidazole rings is 2. The summed E-state index contributed by atoms with van der Waals surface area (Å²) in [5.74, 6) is 0.953. The Bertz CT molecular complexity index is 1610. The second-order valence-electron chi connectivity index (χ2n) is 8.26. The van der Waals surface area contributed by atoms with Crippen LogP contribution in [0.1, 0.15) is 12.0 Å². The molecule has 5 nitrogen and oxygen atoms in total. The van der Waals surface area contributed by atoms with E-state index >= 15 is 0 Å². The van der Waals surface area contributed by atoms with Crippen LogP contribution in [-0.4, -0.2) is 26.1 Å². The molecule has 0 radical (unpaired) electrons. The van der Waals surface area contributed by atoms with Crippen LogP contribution in [-0.2, 0) is 6.42 Å². The monoisotopic (exact) mass is 481 g/mol. The zero-order chi connectivity index (χ0) is 22.9. The molecular weight excluding hydrogens is 458 g/mol. The molecule has 0 bridgehead atoms. The summed E-state index contributed by atoms with van der Waals surface area (Å²) < 4.78 is 4.05. The number of benzene rings is 3. The molecule has 34 heavy (non-hydrogen) atoms. The van der Waals surface area contributed by atoms with E-state index in [-0.39, 0.29) is 0 Å². The highest BCUT2D eigenvalue weighted by atomic mass is 32.1. The number of nitrogens with one attached hydrogen (secondary N) is 3. The Morgan fingerprint density at radius 3 is 2.71 bits per heavy atom. The van der Waals surface area contributed by atoms with E-state index in [4.69, 9.17) is 12.2 Å². The Balaban J connectivity index is 1.39. The fraction of sp³-hybridized carbons (Fsp3) is 0.111. The van der Waals surface area contributed by atoms with Crippen LogP contribution in [0.15, 0.2) is 85.2 Å². The molecule has 168 valence electrons. The highest BCUT2D eigenvalue weighted by Crippen LogP contribution is 2.39. The fourth-order valence-electron chi connectivity index (χ4n) is 4.35. The largest absolute Gasteiger partial charge is 0.370 e. The van der Waals surface area contributed by atoms with Crippen molar-refractivity contribution in [2.75, 3.05) is 11.9 Å². The predicted molar refractivity (Wildman–Crippen MR) is 145 cm³/mol. The van der Waals surface area contributed by atoms with Crippen LogP contribution in [0, 0.1) is 4.77 Å². The predicted octanol–water partition coefficient (Wildman–Crippen LogP) is 7.34. The van der Waals surface area contributed by atoms with Gasteiger partial charge >= 0.3 is 0 Å². The molecule has 0 spiro atoms. The molecule has 0 saturated heterocycles. The van der Waals surface area contributed by atoms with Gasteiger partial charge in [0.2, 0.25) is 0 Å². The van der Waals surface area contributed by atoms with Gasteiger partial charge in [-0.05, 0) is 66.3 Å². The number of anilines is 1. The minimum Gasteiger partial charge on any atom is -0.370 e. The SMILES string of the molecule is S=c1[nH]c(NCCCc2ccccc2)c(-c2cc3ccccc3s2)n1-c1ccc2nc[nH]c2c1. The second-order valence-corrected chi connectivity index (χ2v) is 9.73. The molecule has 3 aromatic carbocycles. The van der Waals surface area contributed by atoms with Gasteiger partial charge in [-0.3, -0.25) is 4.57 Å². The van der Waals surface area contributed by atoms with E-state index in [1.165, 1.54) is 20.5 Å². The summed E-state index contributed by atoms with van der Waals surface area (Å²) in [5, 5.41) is 4.87. The number of nitrogens with zero attached hydrogens (tertiary/aromatic N) is 2. The van der Waals surface area contributed by atoms with Gasteiger partial charge in [0.05, 0.1) is 27.9 Å². The van der Waals surface area contributed by atoms with Crippen molar-refractivity contribution in [1.29, 1.82) is 0 Å². The first kappa shape index (κ1) is 20.9. The molecule has 6 aromatic rings. The van der Waals surface area contributed by atoms with Crippen molar-refractivity contribution in [3.8, 4) is 16.3 Å². The third kappa shape index (κ3) is 3.93. The number of thiophene rings is 1. The summed E-state index contributed by atoms with van der Waals surface area (Å²) in [5.41, 5.74) is 5.34. The molecule has 0 unspecified atom stereocenters. The Kier molecular flexibility index (Phi) is 5.49. The molecule has 3 aromatic heterocycles. The summed E-state index contributed by atoms with van der Waals surface area (Å²) >= 11 is 7.61. The van der Waals surface area contributed by atoms with Crippen LogP contribution in [0.25, 0.3) is 37.4 Å². The van der Waals surface area contributed by atoms with E-state index in [0.717, 1.165) is 47.6 Å². The number of H-pyrrole nitrogens is 2. The molecule has 0 fully saturated rings. The first-order valence-corrected chi connectivity index (χ1v) is 12.5. The van der Waals surface area contributed by atoms with Gasteiger partial charge in [0.1, 0.15) is 11.5 Å². The van der Waals surface area contributed by atoms with Gasteiger partial charge in [-0.15, -0.1) is 11.3 Å². The van der Waals surface area contributed by atoms with E-state index in [1.54, 1.807) is 17.7 Å². The number of fused-ring (bicyclic) bond motifs is 2. The molecule has 7 heteroatoms. The molecule has 0 amide bonds. The zero-order valence-electron chi connectivity index (χ0n) is 18.4. The second kappa shape index (κ2) is 8.93. The van der Waals surface area contributed by atoms with Crippen LogP contribution < -0.4 is 5.32 Å². The zero-order valence-corrected chi connectivity index (χ0v) is 20.0. The van der Waals surface area contributed by atoms with Crippen LogP contribution in [0.3, 0.4) is 0 Å². The Labute approximate surface area is 206 Å². The van der Waals surface area contributed by atoms with E-state index < -0.39 is 0 Å². The van der Waals surface area contributed by atoms with Crippen molar-refractivity contribution in [3.05, 3.63) is 95.5 Å². The number of hydrogen-bond donors (Lipinski definition) is 3. The third-order valence-electron chi connectivity index (χ3n) is 6.00. The van der Waals surface area contributed by atoms with Crippen molar-refractivity contribution in [2.24, 2.45) is 0 Å². The van der Waals surface area contributed by atoms with Gasteiger partial charge in [-0.1, -0.05) is 48.5 Å². The maximum atomic E-state index is 5.83. The number of aromatic amines is 2. The lowest BCUT2D eigenvalue weighted by atomic mass is 10.1. The van der Waals surface area contributed by atoms with Gasteiger partial charge in [-0.2, -0.15) is 0 Å². The Hall–Kier alpha value is -3.68. The highest BCUT2D eigenvalue weighted by molar-refractivity contribution is 7.71. The lowest BCUT2D eigenvalue weighted by Crippen LogP contribution is -2.05. The topological polar surface area (TPSA) is 61.4 Å². The molecule has 0 aliphatic heterocycles. The van der Waals surface area contributed by atoms with E-state index in [9.17, 15) is 0 Å². The van der Waals surface area contributed by atoms with Gasteiger partial charge in [-0.25, -0.2) is 4.98 Å². The smallest absolute Gasteiger partial charge is 0.183 e. The van der Waals surface area contributed by atoms with E-state index in [1.807, 2.05) is 6.07 Å².